The van der Waals surface area contributed by atoms with Crippen molar-refractivity contribution < 1.29 is 14.3 Å². The van der Waals surface area contributed by atoms with Gasteiger partial charge in [-0.25, -0.2) is 4.79 Å². The Kier molecular flexibility index (Phi) is 6.37. The Morgan fingerprint density at radius 3 is 1.50 bits per heavy atom. The molecule has 0 spiro atoms. The largest absolute Gasteiger partial charge is 0.508 e. The second kappa shape index (κ2) is 8.97. The third-order valence-corrected chi connectivity index (χ3v) is 3.45. The van der Waals surface area contributed by atoms with Crippen molar-refractivity contribution in [2.75, 3.05) is 13.2 Å². The molecular formula is C19H16N2O3. The molecular weight excluding hydrogens is 304 g/mol. The quantitative estimate of drug-likeness (QED) is 0.757. The van der Waals surface area contributed by atoms with E-state index in [9.17, 15) is 15.3 Å². The molecule has 0 aliphatic rings. The van der Waals surface area contributed by atoms with Crippen molar-refractivity contribution in [1.82, 2.24) is 0 Å². The van der Waals surface area contributed by atoms with Gasteiger partial charge in [0.25, 0.3) is 0 Å². The maximum Gasteiger partial charge on any atom is 0.508 e. The third kappa shape index (κ3) is 4.86. The van der Waals surface area contributed by atoms with Crippen LogP contribution in [0.3, 0.4) is 0 Å². The first-order valence-electron chi connectivity index (χ1n) is 7.43. The highest BCUT2D eigenvalue weighted by Gasteiger charge is 2.17. The van der Waals surface area contributed by atoms with E-state index in [1.54, 1.807) is 24.3 Å². The Morgan fingerprint density at radius 1 is 0.792 bits per heavy atom. The fraction of sp³-hybridized carbons (Fsp3) is 0.211. The monoisotopic (exact) mass is 320 g/mol. The van der Waals surface area contributed by atoms with Crippen LogP contribution < -0.4 is 0 Å². The van der Waals surface area contributed by atoms with E-state index < -0.39 is 18.0 Å². The van der Waals surface area contributed by atoms with Gasteiger partial charge in [-0.05, 0) is 11.1 Å². The maximum atomic E-state index is 11.7. The number of hydrogen-bond acceptors (Lipinski definition) is 5. The first-order valence-corrected chi connectivity index (χ1v) is 7.43. The molecule has 2 aromatic rings. The molecule has 2 atom stereocenters. The van der Waals surface area contributed by atoms with Crippen LogP contribution >= 0.6 is 0 Å². The topological polar surface area (TPSA) is 83.1 Å². The lowest BCUT2D eigenvalue weighted by atomic mass is 10.0. The minimum atomic E-state index is -0.887. The lowest BCUT2D eigenvalue weighted by molar-refractivity contribution is 0.0526. The summed E-state index contributed by atoms with van der Waals surface area (Å²) in [6.45, 7) is -0.191. The molecule has 0 N–H and O–H groups in total. The average Bonchev–Trinajstić information content (AvgIpc) is 2.64. The number of rotatable bonds is 6. The van der Waals surface area contributed by atoms with Gasteiger partial charge in [-0.1, -0.05) is 60.7 Å². The lowest BCUT2D eigenvalue weighted by Gasteiger charge is -2.12. The van der Waals surface area contributed by atoms with E-state index >= 15 is 0 Å². The van der Waals surface area contributed by atoms with Gasteiger partial charge < -0.3 is 9.47 Å². The molecule has 0 radical (unpaired) electrons. The highest BCUT2D eigenvalue weighted by Crippen LogP contribution is 2.17. The smallest absolute Gasteiger partial charge is 0.433 e. The molecule has 5 heteroatoms. The summed E-state index contributed by atoms with van der Waals surface area (Å²) in [7, 11) is 0. The molecule has 0 heterocycles. The molecule has 0 amide bonds. The standard InChI is InChI=1S/C19H16N2O3/c20-11-17(15-7-3-1-4-8-15)13-23-19(22)24-14-18(12-21)16-9-5-2-6-10-16/h1-10,17-18H,13-14H2. The highest BCUT2D eigenvalue weighted by atomic mass is 16.7. The van der Waals surface area contributed by atoms with E-state index in [2.05, 4.69) is 12.1 Å². The van der Waals surface area contributed by atoms with Gasteiger partial charge in [0.05, 0.1) is 12.1 Å². The van der Waals surface area contributed by atoms with Crippen molar-refractivity contribution in [2.45, 2.75) is 11.8 Å². The number of nitrogens with zero attached hydrogens (tertiary/aromatic N) is 2. The molecule has 24 heavy (non-hydrogen) atoms. The van der Waals surface area contributed by atoms with Gasteiger partial charge >= 0.3 is 6.16 Å². The van der Waals surface area contributed by atoms with Gasteiger partial charge in [-0.2, -0.15) is 10.5 Å². The van der Waals surface area contributed by atoms with Crippen LogP contribution in [0.2, 0.25) is 0 Å². The van der Waals surface area contributed by atoms with Gasteiger partial charge in [0.1, 0.15) is 25.0 Å². The van der Waals surface area contributed by atoms with Crippen LogP contribution in [0.4, 0.5) is 4.79 Å². The fourth-order valence-electron chi connectivity index (χ4n) is 2.13. The zero-order valence-corrected chi connectivity index (χ0v) is 13.0. The molecule has 0 fully saturated rings. The van der Waals surface area contributed by atoms with E-state index in [-0.39, 0.29) is 13.2 Å². The third-order valence-electron chi connectivity index (χ3n) is 3.45. The summed E-state index contributed by atoms with van der Waals surface area (Å²) in [4.78, 5) is 11.7. The van der Waals surface area contributed by atoms with Gasteiger partial charge in [0.2, 0.25) is 0 Å². The van der Waals surface area contributed by atoms with Crippen LogP contribution in [0.25, 0.3) is 0 Å². The Bertz CT molecular complexity index is 669. The number of hydrogen-bond donors (Lipinski definition) is 0. The van der Waals surface area contributed by atoms with Gasteiger partial charge in [-0.15, -0.1) is 0 Å². The van der Waals surface area contributed by atoms with Crippen molar-refractivity contribution in [1.29, 1.82) is 10.5 Å². The molecule has 2 unspecified atom stereocenters. The zero-order valence-electron chi connectivity index (χ0n) is 13.0. The Hall–Kier alpha value is -3.31. The number of carbonyl (C=O) groups excluding carboxylic acids is 1. The second-order valence-electron chi connectivity index (χ2n) is 5.06. The molecule has 0 bridgehead atoms. The van der Waals surface area contributed by atoms with Crippen LogP contribution in [0, 0.1) is 22.7 Å². The summed E-state index contributed by atoms with van der Waals surface area (Å²) in [5.41, 5.74) is 1.54. The first-order chi connectivity index (χ1) is 11.7. The molecule has 5 nitrogen and oxygen atoms in total. The van der Waals surface area contributed by atoms with Crippen LogP contribution in [-0.4, -0.2) is 19.4 Å². The molecule has 0 saturated carbocycles. The molecule has 0 aliphatic carbocycles. The number of ether oxygens (including phenoxy) is 2. The van der Waals surface area contributed by atoms with E-state index in [4.69, 9.17) is 9.47 Å². The van der Waals surface area contributed by atoms with Gasteiger partial charge in [0, 0.05) is 0 Å². The summed E-state index contributed by atoms with van der Waals surface area (Å²) in [5, 5.41) is 18.3. The highest BCUT2D eigenvalue weighted by molar-refractivity contribution is 5.60. The Balaban J connectivity index is 1.83. The predicted octanol–water partition coefficient (Wildman–Crippen LogP) is 3.75. The minimum Gasteiger partial charge on any atom is -0.433 e. The first kappa shape index (κ1) is 17.1. The zero-order chi connectivity index (χ0) is 17.2. The fourth-order valence-corrected chi connectivity index (χ4v) is 2.13. The molecule has 2 aromatic carbocycles. The molecule has 120 valence electrons. The SMILES string of the molecule is N#CC(COC(=O)OCC(C#N)c1ccccc1)c1ccccc1. The Labute approximate surface area is 140 Å². The van der Waals surface area contributed by atoms with Crippen molar-refractivity contribution in [3.8, 4) is 12.1 Å². The van der Waals surface area contributed by atoms with Gasteiger partial charge in [0.15, 0.2) is 0 Å². The van der Waals surface area contributed by atoms with E-state index in [0.717, 1.165) is 11.1 Å². The summed E-state index contributed by atoms with van der Waals surface area (Å²) >= 11 is 0. The molecule has 0 aromatic heterocycles. The molecule has 2 rings (SSSR count). The van der Waals surface area contributed by atoms with E-state index in [1.165, 1.54) is 0 Å². The van der Waals surface area contributed by atoms with Crippen LogP contribution in [0.1, 0.15) is 23.0 Å². The average molecular weight is 320 g/mol. The number of carbonyl (C=O) groups is 1. The molecule has 0 aliphatic heterocycles. The summed E-state index contributed by atoms with van der Waals surface area (Å²) in [6.07, 6.45) is -0.887. The van der Waals surface area contributed by atoms with Crippen LogP contribution in [0.5, 0.6) is 0 Å². The van der Waals surface area contributed by atoms with Gasteiger partial charge in [-0.3, -0.25) is 0 Å². The van der Waals surface area contributed by atoms with Crippen LogP contribution in [-0.2, 0) is 9.47 Å². The number of nitriles is 2. The summed E-state index contributed by atoms with van der Waals surface area (Å²) < 4.78 is 9.97. The minimum absolute atomic E-state index is 0.0953. The Morgan fingerprint density at radius 2 is 1.17 bits per heavy atom. The second-order valence-corrected chi connectivity index (χ2v) is 5.06. The summed E-state index contributed by atoms with van der Waals surface area (Å²) in [5.74, 6) is -1.11. The summed E-state index contributed by atoms with van der Waals surface area (Å²) in [6, 6.07) is 22.3. The van der Waals surface area contributed by atoms with Crippen molar-refractivity contribution >= 4 is 6.16 Å². The predicted molar refractivity (Wildman–Crippen MR) is 86.9 cm³/mol. The van der Waals surface area contributed by atoms with Crippen molar-refractivity contribution in [2.24, 2.45) is 0 Å². The number of benzene rings is 2. The van der Waals surface area contributed by atoms with Crippen LogP contribution in [0.15, 0.2) is 60.7 Å². The van der Waals surface area contributed by atoms with E-state index in [1.807, 2.05) is 36.4 Å². The van der Waals surface area contributed by atoms with Crippen molar-refractivity contribution in [3.05, 3.63) is 71.8 Å². The lowest BCUT2D eigenvalue weighted by Crippen LogP contribution is -2.16. The van der Waals surface area contributed by atoms with E-state index in [0.29, 0.717) is 0 Å². The van der Waals surface area contributed by atoms with Crippen molar-refractivity contribution in [3.63, 3.8) is 0 Å². The normalized spacial score (nSPS) is 12.2. The maximum absolute atomic E-state index is 11.7. The molecule has 0 saturated heterocycles.